The van der Waals surface area contributed by atoms with Crippen LogP contribution in [0.5, 0.6) is 5.75 Å². The van der Waals surface area contributed by atoms with Gasteiger partial charge in [-0.1, -0.05) is 53.2 Å². The molecule has 0 aliphatic heterocycles. The third-order valence-electron chi connectivity index (χ3n) is 5.10. The summed E-state index contributed by atoms with van der Waals surface area (Å²) in [5.74, 6) is 0.311. The fourth-order valence-corrected chi connectivity index (χ4v) is 4.58. The number of carbonyl (C=O) groups excluding carboxylic acids is 1. The molecule has 4 nitrogen and oxygen atoms in total. The third-order valence-corrected chi connectivity index (χ3v) is 6.83. The molecule has 0 spiro atoms. The Morgan fingerprint density at radius 1 is 1.15 bits per heavy atom. The molecule has 0 saturated heterocycles. The van der Waals surface area contributed by atoms with Crippen LogP contribution < -0.4 is 10.1 Å². The second-order valence-corrected chi connectivity index (χ2v) is 9.37. The van der Waals surface area contributed by atoms with Crippen LogP contribution in [-0.4, -0.2) is 12.5 Å². The highest BCUT2D eigenvalue weighted by Gasteiger charge is 2.15. The van der Waals surface area contributed by atoms with Crippen LogP contribution in [0, 0.1) is 14.9 Å². The van der Waals surface area contributed by atoms with Gasteiger partial charge in [-0.15, -0.1) is 0 Å². The number of carbonyl (C=O) groups is 1. The number of ether oxygens (including phenoxy) is 1. The van der Waals surface area contributed by atoms with Crippen LogP contribution in [0.25, 0.3) is 6.08 Å². The first-order valence-corrected chi connectivity index (χ1v) is 12.5. The Morgan fingerprint density at radius 2 is 1.88 bits per heavy atom. The molecule has 0 aromatic heterocycles. The Kier molecular flexibility index (Phi) is 9.10. The number of aryl methyl sites for hydroxylation is 1. The van der Waals surface area contributed by atoms with Gasteiger partial charge in [0.15, 0.2) is 0 Å². The van der Waals surface area contributed by atoms with Gasteiger partial charge in [-0.05, 0) is 89.0 Å². The van der Waals surface area contributed by atoms with Crippen LogP contribution in [0.3, 0.4) is 0 Å². The van der Waals surface area contributed by atoms with Crippen LogP contribution in [0.15, 0.2) is 70.7 Å². The van der Waals surface area contributed by atoms with Crippen molar-refractivity contribution in [3.8, 4) is 11.8 Å². The Labute approximate surface area is 216 Å². The number of hydrogen-bond donors (Lipinski definition) is 1. The zero-order chi connectivity index (χ0) is 23.8. The second kappa shape index (κ2) is 12.0. The van der Waals surface area contributed by atoms with Crippen molar-refractivity contribution in [2.75, 3.05) is 11.9 Å². The van der Waals surface area contributed by atoms with Crippen molar-refractivity contribution >= 4 is 56.2 Å². The fourth-order valence-electron chi connectivity index (χ4n) is 3.34. The molecule has 1 amide bonds. The van der Waals surface area contributed by atoms with E-state index in [-0.39, 0.29) is 5.57 Å². The van der Waals surface area contributed by atoms with E-state index in [1.54, 1.807) is 6.08 Å². The van der Waals surface area contributed by atoms with Crippen LogP contribution in [0.4, 0.5) is 5.69 Å². The maximum absolute atomic E-state index is 12.7. The SMILES string of the molecule is CCOc1cc(/C=C(\C#N)C(=O)Nc2ccc(CC)cc2)cc(I)c1Cc1ccccc1Br. The topological polar surface area (TPSA) is 62.1 Å². The molecular weight excluding hydrogens is 591 g/mol. The highest BCUT2D eigenvalue weighted by Crippen LogP contribution is 2.31. The highest BCUT2D eigenvalue weighted by molar-refractivity contribution is 14.1. The molecule has 0 atom stereocenters. The number of halogens is 2. The van der Waals surface area contributed by atoms with Gasteiger partial charge >= 0.3 is 0 Å². The molecule has 0 bridgehead atoms. The van der Waals surface area contributed by atoms with Gasteiger partial charge in [-0.3, -0.25) is 4.79 Å². The molecule has 33 heavy (non-hydrogen) atoms. The summed E-state index contributed by atoms with van der Waals surface area (Å²) < 4.78 is 7.98. The second-order valence-electron chi connectivity index (χ2n) is 7.36. The van der Waals surface area contributed by atoms with Crippen LogP contribution in [0.2, 0.25) is 0 Å². The molecule has 0 radical (unpaired) electrons. The summed E-state index contributed by atoms with van der Waals surface area (Å²) in [4.78, 5) is 12.7. The van der Waals surface area contributed by atoms with Crippen molar-refractivity contribution in [2.45, 2.75) is 26.7 Å². The van der Waals surface area contributed by atoms with Gasteiger partial charge in [-0.2, -0.15) is 5.26 Å². The van der Waals surface area contributed by atoms with E-state index in [9.17, 15) is 10.1 Å². The number of nitrogens with one attached hydrogen (secondary N) is 1. The van der Waals surface area contributed by atoms with E-state index in [4.69, 9.17) is 4.74 Å². The van der Waals surface area contributed by atoms with Gasteiger partial charge in [0.2, 0.25) is 0 Å². The summed E-state index contributed by atoms with van der Waals surface area (Å²) in [5.41, 5.74) is 4.85. The molecule has 6 heteroatoms. The normalized spacial score (nSPS) is 11.1. The van der Waals surface area contributed by atoms with Crippen molar-refractivity contribution in [2.24, 2.45) is 0 Å². The third kappa shape index (κ3) is 6.68. The largest absolute Gasteiger partial charge is 0.494 e. The van der Waals surface area contributed by atoms with Gasteiger partial charge < -0.3 is 10.1 Å². The zero-order valence-corrected chi connectivity index (χ0v) is 22.2. The molecule has 0 saturated carbocycles. The summed E-state index contributed by atoms with van der Waals surface area (Å²) in [7, 11) is 0. The lowest BCUT2D eigenvalue weighted by molar-refractivity contribution is -0.112. The molecule has 0 aliphatic carbocycles. The Hall–Kier alpha value is -2.63. The minimum atomic E-state index is -0.438. The van der Waals surface area contributed by atoms with Crippen LogP contribution >= 0.6 is 38.5 Å². The predicted octanol–water partition coefficient (Wildman–Crippen LogP) is 7.15. The van der Waals surface area contributed by atoms with E-state index in [1.807, 2.05) is 67.6 Å². The van der Waals surface area contributed by atoms with E-state index >= 15 is 0 Å². The van der Waals surface area contributed by atoms with E-state index in [2.05, 4.69) is 56.8 Å². The minimum Gasteiger partial charge on any atom is -0.494 e. The standard InChI is InChI=1S/C27H24BrIN2O2/c1-3-18-9-11-22(12-10-18)31-27(32)21(17-30)13-19-14-25(29)23(26(15-19)33-4-2)16-20-7-5-6-8-24(20)28/h5-15H,3-4,16H2,1-2H3,(H,31,32)/b21-13+. The van der Waals surface area contributed by atoms with E-state index in [0.29, 0.717) is 18.7 Å². The summed E-state index contributed by atoms with van der Waals surface area (Å²) in [5, 5.41) is 12.4. The van der Waals surface area contributed by atoms with Gasteiger partial charge in [0.1, 0.15) is 17.4 Å². The van der Waals surface area contributed by atoms with E-state index in [1.165, 1.54) is 5.56 Å². The molecule has 0 fully saturated rings. The lowest BCUT2D eigenvalue weighted by Crippen LogP contribution is -2.13. The van der Waals surface area contributed by atoms with E-state index in [0.717, 1.165) is 36.9 Å². The molecule has 168 valence electrons. The summed E-state index contributed by atoms with van der Waals surface area (Å²) in [6.07, 6.45) is 3.23. The average Bonchev–Trinajstić information content (AvgIpc) is 2.81. The van der Waals surface area contributed by atoms with Gasteiger partial charge in [0.05, 0.1) is 6.61 Å². The van der Waals surface area contributed by atoms with Gasteiger partial charge in [-0.25, -0.2) is 0 Å². The van der Waals surface area contributed by atoms with Crippen molar-refractivity contribution in [3.05, 3.63) is 96.5 Å². The Bertz CT molecular complexity index is 1210. The Balaban J connectivity index is 1.89. The first kappa shape index (κ1) is 25.0. The minimum absolute atomic E-state index is 0.0337. The quantitative estimate of drug-likeness (QED) is 0.166. The number of nitrogens with zero attached hydrogens (tertiary/aromatic N) is 1. The first-order valence-electron chi connectivity index (χ1n) is 10.7. The maximum Gasteiger partial charge on any atom is 0.266 e. The maximum atomic E-state index is 12.7. The van der Waals surface area contributed by atoms with Crippen molar-refractivity contribution in [1.29, 1.82) is 5.26 Å². The van der Waals surface area contributed by atoms with Crippen molar-refractivity contribution in [1.82, 2.24) is 0 Å². The lowest BCUT2D eigenvalue weighted by Gasteiger charge is -2.15. The fraction of sp³-hybridized carbons (Fsp3) is 0.185. The molecular formula is C27H24BrIN2O2. The molecule has 3 aromatic rings. The highest BCUT2D eigenvalue weighted by atomic mass is 127. The number of benzene rings is 3. The van der Waals surface area contributed by atoms with Gasteiger partial charge in [0, 0.05) is 25.7 Å². The number of hydrogen-bond acceptors (Lipinski definition) is 3. The summed E-state index contributed by atoms with van der Waals surface area (Å²) >= 11 is 5.90. The molecule has 0 unspecified atom stereocenters. The summed E-state index contributed by atoms with van der Waals surface area (Å²) in [6, 6.07) is 21.6. The zero-order valence-electron chi connectivity index (χ0n) is 18.5. The lowest BCUT2D eigenvalue weighted by atomic mass is 10.0. The van der Waals surface area contributed by atoms with Crippen LogP contribution in [0.1, 0.15) is 36.1 Å². The predicted molar refractivity (Wildman–Crippen MR) is 145 cm³/mol. The van der Waals surface area contributed by atoms with Crippen molar-refractivity contribution < 1.29 is 9.53 Å². The van der Waals surface area contributed by atoms with Crippen LogP contribution in [-0.2, 0) is 17.6 Å². The smallest absolute Gasteiger partial charge is 0.266 e. The van der Waals surface area contributed by atoms with E-state index < -0.39 is 5.91 Å². The van der Waals surface area contributed by atoms with Crippen molar-refractivity contribution in [3.63, 3.8) is 0 Å². The Morgan fingerprint density at radius 3 is 2.52 bits per heavy atom. The number of anilines is 1. The molecule has 0 heterocycles. The molecule has 3 aromatic carbocycles. The first-order chi connectivity index (χ1) is 15.9. The number of nitriles is 1. The molecule has 0 aliphatic rings. The summed E-state index contributed by atoms with van der Waals surface area (Å²) in [6.45, 7) is 4.53. The molecule has 3 rings (SSSR count). The monoisotopic (exact) mass is 614 g/mol. The number of amides is 1. The van der Waals surface area contributed by atoms with Gasteiger partial charge in [0.25, 0.3) is 5.91 Å². The molecule has 1 N–H and O–H groups in total. The average molecular weight is 615 g/mol. The number of rotatable bonds is 8.